The van der Waals surface area contributed by atoms with Gasteiger partial charge >= 0.3 is 6.09 Å². The lowest BCUT2D eigenvalue weighted by atomic mass is 9.94. The minimum absolute atomic E-state index is 0.287. The molecule has 2 unspecified atom stereocenters. The zero-order valence-corrected chi connectivity index (χ0v) is 23.0. The minimum atomic E-state index is -1.30. The quantitative estimate of drug-likeness (QED) is 0.469. The monoisotopic (exact) mass is 511 g/mol. The molecule has 0 fully saturated rings. The van der Waals surface area contributed by atoms with Gasteiger partial charge in [-0.05, 0) is 64.7 Å². The van der Waals surface area contributed by atoms with Crippen molar-refractivity contribution >= 4 is 17.9 Å². The highest BCUT2D eigenvalue weighted by Crippen LogP contribution is 2.30. The first-order valence-corrected chi connectivity index (χ1v) is 12.6. The van der Waals surface area contributed by atoms with Crippen LogP contribution in [0.2, 0.25) is 0 Å². The number of carbonyl (C=O) groups is 3. The number of amides is 3. The second-order valence-corrected chi connectivity index (χ2v) is 11.0. The molecule has 0 aliphatic heterocycles. The van der Waals surface area contributed by atoms with Crippen molar-refractivity contribution in [1.82, 2.24) is 15.5 Å². The molecule has 37 heavy (non-hydrogen) atoms. The zero-order valence-electron chi connectivity index (χ0n) is 23.0. The van der Waals surface area contributed by atoms with Crippen molar-refractivity contribution in [1.29, 1.82) is 0 Å². The molecule has 0 bridgehead atoms. The fourth-order valence-corrected chi connectivity index (χ4v) is 3.88. The highest BCUT2D eigenvalue weighted by atomic mass is 16.6. The predicted molar refractivity (Wildman–Crippen MR) is 144 cm³/mol. The molecule has 2 atom stereocenters. The number of alkyl carbamates (subject to hydrolysis) is 1. The van der Waals surface area contributed by atoms with Crippen LogP contribution in [0.5, 0.6) is 0 Å². The average molecular weight is 512 g/mol. The van der Waals surface area contributed by atoms with E-state index in [2.05, 4.69) is 10.6 Å². The van der Waals surface area contributed by atoms with E-state index in [4.69, 9.17) is 4.74 Å². The van der Waals surface area contributed by atoms with Crippen molar-refractivity contribution in [3.8, 4) is 0 Å². The molecule has 8 nitrogen and oxygen atoms in total. The lowest BCUT2D eigenvalue weighted by Crippen LogP contribution is -2.59. The maximum atomic E-state index is 13.9. The van der Waals surface area contributed by atoms with Crippen LogP contribution in [-0.4, -0.2) is 51.7 Å². The first kappa shape index (κ1) is 29.8. The van der Waals surface area contributed by atoms with E-state index in [9.17, 15) is 19.5 Å². The normalized spacial score (nSPS) is 13.3. The van der Waals surface area contributed by atoms with Crippen molar-refractivity contribution in [2.45, 2.75) is 84.7 Å². The third kappa shape index (κ3) is 8.89. The molecule has 3 amide bonds. The number of aryl methyl sites for hydroxylation is 1. The number of nitrogens with one attached hydrogen (secondary N) is 2. The van der Waals surface area contributed by atoms with Crippen molar-refractivity contribution in [3.05, 3.63) is 71.3 Å². The molecule has 0 aromatic heterocycles. The molecule has 0 heterocycles. The van der Waals surface area contributed by atoms with Gasteiger partial charge in [-0.3, -0.25) is 9.59 Å². The SMILES string of the molecule is CCc1ccc(C(C(=O)NCc2ccccc2)N(C(=O)C(CO)NC(=O)OC(C)(C)C)C(C)(C)C)cc1. The lowest BCUT2D eigenvalue weighted by Gasteiger charge is -2.42. The number of carbonyl (C=O) groups excluding carboxylic acids is 3. The van der Waals surface area contributed by atoms with Gasteiger partial charge in [0.2, 0.25) is 11.8 Å². The van der Waals surface area contributed by atoms with E-state index in [0.29, 0.717) is 5.56 Å². The minimum Gasteiger partial charge on any atom is -0.444 e. The Bertz CT molecular complexity index is 1040. The van der Waals surface area contributed by atoms with Gasteiger partial charge in [0.15, 0.2) is 0 Å². The number of hydrogen-bond acceptors (Lipinski definition) is 5. The standard InChI is InChI=1S/C29H41N3O5/c1-8-20-14-16-22(17-15-20)24(25(34)30-18-21-12-10-9-11-13-21)32(28(2,3)4)26(35)23(19-33)31-27(36)37-29(5,6)7/h9-17,23-24,33H,8,18-19H2,1-7H3,(H,30,34)(H,31,36). The van der Waals surface area contributed by atoms with Gasteiger partial charge in [-0.2, -0.15) is 0 Å². The van der Waals surface area contributed by atoms with Gasteiger partial charge in [0.05, 0.1) is 6.61 Å². The molecule has 2 aromatic carbocycles. The molecule has 0 aliphatic rings. The third-order valence-corrected chi connectivity index (χ3v) is 5.65. The predicted octanol–water partition coefficient (Wildman–Crippen LogP) is 4.12. The Labute approximate surface area is 220 Å². The largest absolute Gasteiger partial charge is 0.444 e. The molecule has 0 saturated carbocycles. The number of nitrogens with zero attached hydrogens (tertiary/aromatic N) is 1. The van der Waals surface area contributed by atoms with Gasteiger partial charge in [-0.25, -0.2) is 4.79 Å². The number of aliphatic hydroxyl groups is 1. The Morgan fingerprint density at radius 1 is 0.919 bits per heavy atom. The summed E-state index contributed by atoms with van der Waals surface area (Å²) in [6.45, 7) is 12.2. The van der Waals surface area contributed by atoms with Crippen LogP contribution < -0.4 is 10.6 Å². The van der Waals surface area contributed by atoms with Gasteiger partial charge in [-0.1, -0.05) is 61.5 Å². The van der Waals surface area contributed by atoms with Crippen molar-refractivity contribution in [2.24, 2.45) is 0 Å². The third-order valence-electron chi connectivity index (χ3n) is 5.65. The molecule has 0 aliphatic carbocycles. The van der Waals surface area contributed by atoms with E-state index in [1.165, 1.54) is 4.90 Å². The van der Waals surface area contributed by atoms with E-state index in [-0.39, 0.29) is 12.5 Å². The first-order valence-electron chi connectivity index (χ1n) is 12.6. The average Bonchev–Trinajstić information content (AvgIpc) is 2.82. The van der Waals surface area contributed by atoms with Crippen LogP contribution in [0.15, 0.2) is 54.6 Å². The summed E-state index contributed by atoms with van der Waals surface area (Å²) < 4.78 is 5.28. The lowest BCUT2D eigenvalue weighted by molar-refractivity contribution is -0.149. The smallest absolute Gasteiger partial charge is 0.408 e. The summed E-state index contributed by atoms with van der Waals surface area (Å²) in [4.78, 5) is 41.4. The molecule has 8 heteroatoms. The van der Waals surface area contributed by atoms with Gasteiger partial charge < -0.3 is 25.4 Å². The second kappa shape index (κ2) is 12.7. The molecule has 0 saturated heterocycles. The summed E-state index contributed by atoms with van der Waals surface area (Å²) in [6.07, 6.45) is 0.00515. The molecular formula is C29H41N3O5. The Hall–Kier alpha value is -3.39. The Kier molecular flexibility index (Phi) is 10.3. The van der Waals surface area contributed by atoms with E-state index < -0.39 is 41.8 Å². The van der Waals surface area contributed by atoms with E-state index in [0.717, 1.165) is 17.5 Å². The van der Waals surface area contributed by atoms with Crippen LogP contribution in [0.4, 0.5) is 4.79 Å². The van der Waals surface area contributed by atoms with E-state index >= 15 is 0 Å². The highest BCUT2D eigenvalue weighted by Gasteiger charge is 2.41. The zero-order chi connectivity index (χ0) is 27.8. The second-order valence-electron chi connectivity index (χ2n) is 11.0. The topological polar surface area (TPSA) is 108 Å². The molecule has 2 aromatic rings. The highest BCUT2D eigenvalue weighted by molar-refractivity contribution is 5.92. The summed E-state index contributed by atoms with van der Waals surface area (Å²) in [7, 11) is 0. The van der Waals surface area contributed by atoms with Crippen LogP contribution in [0.3, 0.4) is 0 Å². The molecule has 3 N–H and O–H groups in total. The number of benzene rings is 2. The van der Waals surface area contributed by atoms with Crippen LogP contribution in [0.1, 0.15) is 71.2 Å². The first-order chi connectivity index (χ1) is 17.3. The number of rotatable bonds is 9. The summed E-state index contributed by atoms with van der Waals surface area (Å²) in [5, 5.41) is 15.5. The maximum absolute atomic E-state index is 13.9. The Morgan fingerprint density at radius 3 is 2.00 bits per heavy atom. The van der Waals surface area contributed by atoms with Gasteiger partial charge in [-0.15, -0.1) is 0 Å². The van der Waals surface area contributed by atoms with Gasteiger partial charge in [0.1, 0.15) is 17.7 Å². The summed E-state index contributed by atoms with van der Waals surface area (Å²) >= 11 is 0. The fraction of sp³-hybridized carbons (Fsp3) is 0.483. The molecule has 202 valence electrons. The van der Waals surface area contributed by atoms with Crippen molar-refractivity contribution in [3.63, 3.8) is 0 Å². The van der Waals surface area contributed by atoms with Gasteiger partial charge in [0, 0.05) is 12.1 Å². The summed E-state index contributed by atoms with van der Waals surface area (Å²) in [6, 6.07) is 14.7. The number of aliphatic hydroxyl groups excluding tert-OH is 1. The van der Waals surface area contributed by atoms with E-state index in [1.807, 2.05) is 82.3 Å². The van der Waals surface area contributed by atoms with Gasteiger partial charge in [0.25, 0.3) is 0 Å². The van der Waals surface area contributed by atoms with E-state index in [1.54, 1.807) is 20.8 Å². The van der Waals surface area contributed by atoms with Crippen LogP contribution in [0.25, 0.3) is 0 Å². The molecule has 2 rings (SSSR count). The Balaban J connectivity index is 2.46. The molecule has 0 spiro atoms. The summed E-state index contributed by atoms with van der Waals surface area (Å²) in [5.74, 6) is -0.967. The van der Waals surface area contributed by atoms with Crippen LogP contribution in [0, 0.1) is 0 Å². The number of ether oxygens (including phenoxy) is 1. The van der Waals surface area contributed by atoms with Crippen LogP contribution >= 0.6 is 0 Å². The van der Waals surface area contributed by atoms with Crippen molar-refractivity contribution < 1.29 is 24.2 Å². The Morgan fingerprint density at radius 2 is 1.51 bits per heavy atom. The maximum Gasteiger partial charge on any atom is 0.408 e. The fourth-order valence-electron chi connectivity index (χ4n) is 3.88. The van der Waals surface area contributed by atoms with Crippen LogP contribution in [-0.2, 0) is 27.3 Å². The van der Waals surface area contributed by atoms with Crippen molar-refractivity contribution in [2.75, 3.05) is 6.61 Å². The molecule has 0 radical (unpaired) electrons. The molecular weight excluding hydrogens is 470 g/mol. The summed E-state index contributed by atoms with van der Waals surface area (Å²) in [5.41, 5.74) is 1.03. The number of hydrogen-bond donors (Lipinski definition) is 3.